The van der Waals surface area contributed by atoms with E-state index < -0.39 is 16.0 Å². The summed E-state index contributed by atoms with van der Waals surface area (Å²) in [6.45, 7) is 0.766. The minimum absolute atomic E-state index is 0.00755. The number of sulfonamides is 1. The maximum absolute atomic E-state index is 12.5. The molecule has 2 heterocycles. The molecular formula is C12H18ClN3O4S. The normalized spacial score (nSPS) is 18.0. The third kappa shape index (κ3) is 3.56. The molecule has 0 bridgehead atoms. The average molecular weight is 336 g/mol. The fraction of sp³-hybridized carbons (Fsp3) is 0.667. The van der Waals surface area contributed by atoms with Gasteiger partial charge in [0.15, 0.2) is 5.03 Å². The van der Waals surface area contributed by atoms with E-state index in [0.717, 1.165) is 0 Å². The average Bonchev–Trinajstić information content (AvgIpc) is 2.77. The second-order valence-electron chi connectivity index (χ2n) is 5.20. The van der Waals surface area contributed by atoms with Gasteiger partial charge in [-0.2, -0.15) is 9.40 Å². The van der Waals surface area contributed by atoms with Gasteiger partial charge < -0.3 is 5.11 Å². The lowest BCUT2D eigenvalue weighted by Gasteiger charge is -2.30. The summed E-state index contributed by atoms with van der Waals surface area (Å²) in [5.74, 6) is -0.554. The van der Waals surface area contributed by atoms with E-state index in [-0.39, 0.29) is 22.4 Å². The van der Waals surface area contributed by atoms with E-state index in [2.05, 4.69) is 5.10 Å². The Labute approximate surface area is 128 Å². The van der Waals surface area contributed by atoms with Gasteiger partial charge in [0, 0.05) is 26.6 Å². The maximum atomic E-state index is 12.5. The van der Waals surface area contributed by atoms with Gasteiger partial charge in [0.05, 0.1) is 11.2 Å². The van der Waals surface area contributed by atoms with Crippen LogP contribution in [0.3, 0.4) is 0 Å². The quantitative estimate of drug-likeness (QED) is 0.876. The number of nitrogens with zero attached hydrogens (tertiary/aromatic N) is 3. The zero-order valence-electron chi connectivity index (χ0n) is 11.7. The highest BCUT2D eigenvalue weighted by Crippen LogP contribution is 2.29. The molecular weight excluding hydrogens is 318 g/mol. The number of halogens is 1. The van der Waals surface area contributed by atoms with Gasteiger partial charge in [-0.15, -0.1) is 0 Å². The second kappa shape index (κ2) is 6.33. The van der Waals surface area contributed by atoms with Crippen molar-refractivity contribution in [3.8, 4) is 0 Å². The number of carboxylic acid groups (broad SMARTS) is 1. The minimum atomic E-state index is -3.65. The van der Waals surface area contributed by atoms with Gasteiger partial charge in [0.2, 0.25) is 0 Å². The number of piperidine rings is 1. The smallest absolute Gasteiger partial charge is 0.303 e. The molecule has 0 radical (unpaired) electrons. The van der Waals surface area contributed by atoms with Gasteiger partial charge >= 0.3 is 5.97 Å². The molecule has 21 heavy (non-hydrogen) atoms. The number of carboxylic acids is 1. The van der Waals surface area contributed by atoms with Crippen molar-refractivity contribution in [2.75, 3.05) is 13.1 Å². The zero-order valence-corrected chi connectivity index (χ0v) is 13.3. The Morgan fingerprint density at radius 1 is 1.48 bits per heavy atom. The van der Waals surface area contributed by atoms with Gasteiger partial charge in [-0.3, -0.25) is 9.48 Å². The van der Waals surface area contributed by atoms with Crippen molar-refractivity contribution in [2.24, 2.45) is 13.0 Å². The van der Waals surface area contributed by atoms with Crippen LogP contribution in [0.2, 0.25) is 5.02 Å². The Hall–Kier alpha value is -1.12. The molecule has 1 saturated heterocycles. The summed E-state index contributed by atoms with van der Waals surface area (Å²) < 4.78 is 27.8. The zero-order chi connectivity index (χ0) is 15.6. The molecule has 1 fully saturated rings. The largest absolute Gasteiger partial charge is 0.481 e. The third-order valence-corrected chi connectivity index (χ3v) is 6.17. The topological polar surface area (TPSA) is 92.5 Å². The molecule has 0 atom stereocenters. The van der Waals surface area contributed by atoms with E-state index in [9.17, 15) is 13.2 Å². The van der Waals surface area contributed by atoms with Crippen LogP contribution in [-0.2, 0) is 21.9 Å². The Kier molecular flexibility index (Phi) is 4.90. The lowest BCUT2D eigenvalue weighted by atomic mass is 9.93. The highest BCUT2D eigenvalue weighted by molar-refractivity contribution is 7.89. The molecule has 2 rings (SSSR count). The van der Waals surface area contributed by atoms with Crippen molar-refractivity contribution in [1.82, 2.24) is 14.1 Å². The molecule has 0 saturated carbocycles. The van der Waals surface area contributed by atoms with Gasteiger partial charge in [-0.05, 0) is 25.2 Å². The standard InChI is InChI=1S/C12H18ClN3O4S/c1-15-12(10(13)8-14-15)21(19,20)16-6-4-9(5-7-16)2-3-11(17)18/h8-9H,2-7H2,1H3,(H,17,18). The fourth-order valence-corrected chi connectivity index (χ4v) is 4.65. The second-order valence-corrected chi connectivity index (χ2v) is 7.46. The SMILES string of the molecule is Cn1ncc(Cl)c1S(=O)(=O)N1CCC(CCC(=O)O)CC1. The van der Waals surface area contributed by atoms with E-state index in [0.29, 0.717) is 32.4 Å². The molecule has 9 heteroatoms. The number of aliphatic carboxylic acids is 1. The van der Waals surface area contributed by atoms with Crippen LogP contribution in [0.25, 0.3) is 0 Å². The summed E-state index contributed by atoms with van der Waals surface area (Å²) in [5.41, 5.74) is 0. The van der Waals surface area contributed by atoms with Gasteiger partial charge in [-0.25, -0.2) is 8.42 Å². The van der Waals surface area contributed by atoms with Crippen LogP contribution in [-0.4, -0.2) is 46.7 Å². The van der Waals surface area contributed by atoms with Crippen molar-refractivity contribution in [1.29, 1.82) is 0 Å². The first-order valence-corrected chi connectivity index (χ1v) is 8.53. The molecule has 0 aromatic carbocycles. The molecule has 1 aromatic heterocycles. The van der Waals surface area contributed by atoms with E-state index in [1.807, 2.05) is 0 Å². The predicted octanol–water partition coefficient (Wildman–Crippen LogP) is 1.34. The van der Waals surface area contributed by atoms with Gasteiger partial charge in [0.25, 0.3) is 10.0 Å². The molecule has 1 aliphatic rings. The lowest BCUT2D eigenvalue weighted by molar-refractivity contribution is -0.137. The number of aryl methyl sites for hydroxylation is 1. The summed E-state index contributed by atoms with van der Waals surface area (Å²) in [4.78, 5) is 10.6. The Balaban J connectivity index is 2.03. The molecule has 7 nitrogen and oxygen atoms in total. The predicted molar refractivity (Wildman–Crippen MR) is 76.6 cm³/mol. The molecule has 0 aliphatic carbocycles. The summed E-state index contributed by atoms with van der Waals surface area (Å²) in [7, 11) is -2.11. The number of hydrogen-bond acceptors (Lipinski definition) is 4. The Morgan fingerprint density at radius 3 is 2.57 bits per heavy atom. The summed E-state index contributed by atoms with van der Waals surface area (Å²) in [5, 5.41) is 12.7. The van der Waals surface area contributed by atoms with Crippen molar-refractivity contribution in [2.45, 2.75) is 30.7 Å². The van der Waals surface area contributed by atoms with E-state index in [4.69, 9.17) is 16.7 Å². The Morgan fingerprint density at radius 2 is 2.10 bits per heavy atom. The van der Waals surface area contributed by atoms with Crippen LogP contribution in [0.4, 0.5) is 0 Å². The highest BCUT2D eigenvalue weighted by atomic mass is 35.5. The van der Waals surface area contributed by atoms with E-state index in [1.54, 1.807) is 7.05 Å². The number of aromatic nitrogens is 2. The molecule has 0 amide bonds. The van der Waals surface area contributed by atoms with Crippen molar-refractivity contribution in [3.63, 3.8) is 0 Å². The minimum Gasteiger partial charge on any atom is -0.481 e. The van der Waals surface area contributed by atoms with Crippen LogP contribution in [0.15, 0.2) is 11.2 Å². The number of carbonyl (C=O) groups is 1. The van der Waals surface area contributed by atoms with Gasteiger partial charge in [0.1, 0.15) is 0 Å². The summed E-state index contributed by atoms with van der Waals surface area (Å²) >= 11 is 5.91. The van der Waals surface area contributed by atoms with Crippen LogP contribution in [0.1, 0.15) is 25.7 Å². The summed E-state index contributed by atoms with van der Waals surface area (Å²) in [6.07, 6.45) is 3.37. The molecule has 1 aliphatic heterocycles. The van der Waals surface area contributed by atoms with Gasteiger partial charge in [-0.1, -0.05) is 11.6 Å². The van der Waals surface area contributed by atoms with E-state index in [1.165, 1.54) is 15.2 Å². The molecule has 118 valence electrons. The first kappa shape index (κ1) is 16.3. The Bertz CT molecular complexity index is 601. The maximum Gasteiger partial charge on any atom is 0.303 e. The van der Waals surface area contributed by atoms with Crippen LogP contribution in [0, 0.1) is 5.92 Å². The van der Waals surface area contributed by atoms with Crippen LogP contribution < -0.4 is 0 Å². The molecule has 0 spiro atoms. The monoisotopic (exact) mass is 335 g/mol. The molecule has 0 unspecified atom stereocenters. The first-order valence-electron chi connectivity index (χ1n) is 6.72. The van der Waals surface area contributed by atoms with Crippen molar-refractivity contribution >= 4 is 27.6 Å². The first-order chi connectivity index (χ1) is 9.82. The number of hydrogen-bond donors (Lipinski definition) is 1. The third-order valence-electron chi connectivity index (χ3n) is 3.77. The van der Waals surface area contributed by atoms with Crippen molar-refractivity contribution < 1.29 is 18.3 Å². The summed E-state index contributed by atoms with van der Waals surface area (Å²) in [6, 6.07) is 0. The molecule has 1 N–H and O–H groups in total. The fourth-order valence-electron chi connectivity index (χ4n) is 2.58. The highest BCUT2D eigenvalue weighted by Gasteiger charge is 2.33. The molecule has 1 aromatic rings. The van der Waals surface area contributed by atoms with Crippen LogP contribution >= 0.6 is 11.6 Å². The van der Waals surface area contributed by atoms with E-state index >= 15 is 0 Å². The van der Waals surface area contributed by atoms with Crippen LogP contribution in [0.5, 0.6) is 0 Å². The van der Waals surface area contributed by atoms with Crippen molar-refractivity contribution in [3.05, 3.63) is 11.2 Å². The lowest BCUT2D eigenvalue weighted by Crippen LogP contribution is -2.39. The number of rotatable bonds is 5.